The standard InChI is InChI=1S/C13H24N2O3/c1-2-18-13(17)7-6-8-14-11-12(16)15-9-4-3-5-10-15/h14H,2-11H2,1H3. The van der Waals surface area contributed by atoms with E-state index in [9.17, 15) is 9.59 Å². The second-order valence-corrected chi connectivity index (χ2v) is 4.53. The van der Waals surface area contributed by atoms with Crippen LogP contribution in [0.1, 0.15) is 39.0 Å². The molecule has 1 N–H and O–H groups in total. The predicted octanol–water partition coefficient (Wildman–Crippen LogP) is 0.932. The Morgan fingerprint density at radius 2 is 1.94 bits per heavy atom. The summed E-state index contributed by atoms with van der Waals surface area (Å²) in [6.07, 6.45) is 4.60. The lowest BCUT2D eigenvalue weighted by atomic mass is 10.1. The molecular formula is C13H24N2O3. The van der Waals surface area contributed by atoms with Gasteiger partial charge < -0.3 is 15.0 Å². The molecule has 1 fully saturated rings. The Bertz CT molecular complexity index is 263. The van der Waals surface area contributed by atoms with Crippen molar-refractivity contribution in [3.63, 3.8) is 0 Å². The van der Waals surface area contributed by atoms with Gasteiger partial charge in [-0.2, -0.15) is 0 Å². The third-order valence-electron chi connectivity index (χ3n) is 3.02. The molecule has 104 valence electrons. The van der Waals surface area contributed by atoms with Crippen LogP contribution < -0.4 is 5.32 Å². The Kier molecular flexibility index (Phi) is 7.41. The predicted molar refractivity (Wildman–Crippen MR) is 69.2 cm³/mol. The van der Waals surface area contributed by atoms with Crippen molar-refractivity contribution < 1.29 is 14.3 Å². The SMILES string of the molecule is CCOC(=O)CCCNCC(=O)N1CCCCC1. The molecule has 18 heavy (non-hydrogen) atoms. The lowest BCUT2D eigenvalue weighted by molar-refractivity contribution is -0.143. The number of amides is 1. The Hall–Kier alpha value is -1.10. The highest BCUT2D eigenvalue weighted by Crippen LogP contribution is 2.08. The van der Waals surface area contributed by atoms with Crippen molar-refractivity contribution in [2.24, 2.45) is 0 Å². The van der Waals surface area contributed by atoms with Crippen LogP contribution in [0.5, 0.6) is 0 Å². The lowest BCUT2D eigenvalue weighted by Crippen LogP contribution is -2.41. The van der Waals surface area contributed by atoms with Crippen LogP contribution in [0.4, 0.5) is 0 Å². The van der Waals surface area contributed by atoms with Crippen LogP contribution in [0.2, 0.25) is 0 Å². The summed E-state index contributed by atoms with van der Waals surface area (Å²) < 4.78 is 4.82. The zero-order valence-electron chi connectivity index (χ0n) is 11.2. The molecule has 0 unspecified atom stereocenters. The molecule has 0 aromatic carbocycles. The highest BCUT2D eigenvalue weighted by atomic mass is 16.5. The zero-order chi connectivity index (χ0) is 13.2. The van der Waals surface area contributed by atoms with Gasteiger partial charge >= 0.3 is 5.97 Å². The first-order valence-electron chi connectivity index (χ1n) is 6.88. The molecule has 0 bridgehead atoms. The number of esters is 1. The average molecular weight is 256 g/mol. The van der Waals surface area contributed by atoms with E-state index in [-0.39, 0.29) is 11.9 Å². The fourth-order valence-electron chi connectivity index (χ4n) is 2.04. The maximum atomic E-state index is 11.8. The van der Waals surface area contributed by atoms with Crippen LogP contribution in [0.15, 0.2) is 0 Å². The van der Waals surface area contributed by atoms with E-state index < -0.39 is 0 Å². The van der Waals surface area contributed by atoms with Gasteiger partial charge in [0.2, 0.25) is 5.91 Å². The number of carbonyl (C=O) groups excluding carboxylic acids is 2. The number of carbonyl (C=O) groups is 2. The van der Waals surface area contributed by atoms with Crippen molar-refractivity contribution in [1.29, 1.82) is 0 Å². The van der Waals surface area contributed by atoms with Gasteiger partial charge in [0.05, 0.1) is 13.2 Å². The molecular weight excluding hydrogens is 232 g/mol. The summed E-state index contributed by atoms with van der Waals surface area (Å²) in [6.45, 7) is 5.07. The topological polar surface area (TPSA) is 58.6 Å². The average Bonchev–Trinajstić information content (AvgIpc) is 2.39. The van der Waals surface area contributed by atoms with Crippen molar-refractivity contribution in [3.8, 4) is 0 Å². The Labute approximate surface area is 109 Å². The number of nitrogens with one attached hydrogen (secondary N) is 1. The molecule has 0 atom stereocenters. The normalized spacial score (nSPS) is 15.5. The fraction of sp³-hybridized carbons (Fsp3) is 0.846. The monoisotopic (exact) mass is 256 g/mol. The maximum absolute atomic E-state index is 11.8. The highest BCUT2D eigenvalue weighted by Gasteiger charge is 2.15. The number of nitrogens with zero attached hydrogens (tertiary/aromatic N) is 1. The summed E-state index contributed by atoms with van der Waals surface area (Å²) in [6, 6.07) is 0. The molecule has 5 heteroatoms. The molecule has 1 aliphatic rings. The van der Waals surface area contributed by atoms with Crippen LogP contribution in [0.25, 0.3) is 0 Å². The summed E-state index contributed by atoms with van der Waals surface area (Å²) in [5.74, 6) is 0.00694. The van der Waals surface area contributed by atoms with Crippen LogP contribution in [-0.2, 0) is 14.3 Å². The minimum atomic E-state index is -0.165. The van der Waals surface area contributed by atoms with E-state index in [1.165, 1.54) is 6.42 Å². The van der Waals surface area contributed by atoms with Gasteiger partial charge in [-0.05, 0) is 39.2 Å². The summed E-state index contributed by atoms with van der Waals surface area (Å²) >= 11 is 0. The second kappa shape index (κ2) is 8.91. The van der Waals surface area contributed by atoms with E-state index >= 15 is 0 Å². The van der Waals surface area contributed by atoms with Crippen molar-refractivity contribution >= 4 is 11.9 Å². The first kappa shape index (κ1) is 15.0. The molecule has 1 amide bonds. The minimum Gasteiger partial charge on any atom is -0.466 e. The molecule has 0 aromatic rings. The molecule has 1 saturated heterocycles. The van der Waals surface area contributed by atoms with E-state index in [2.05, 4.69) is 5.32 Å². The van der Waals surface area contributed by atoms with Crippen molar-refractivity contribution in [3.05, 3.63) is 0 Å². The van der Waals surface area contributed by atoms with Crippen molar-refractivity contribution in [2.75, 3.05) is 32.8 Å². The first-order chi connectivity index (χ1) is 8.74. The Morgan fingerprint density at radius 3 is 2.61 bits per heavy atom. The summed E-state index contributed by atoms with van der Waals surface area (Å²) in [5, 5.41) is 3.08. The Morgan fingerprint density at radius 1 is 1.22 bits per heavy atom. The van der Waals surface area contributed by atoms with Crippen molar-refractivity contribution in [2.45, 2.75) is 39.0 Å². The number of hydrogen-bond donors (Lipinski definition) is 1. The van der Waals surface area contributed by atoms with Crippen LogP contribution >= 0.6 is 0 Å². The lowest BCUT2D eigenvalue weighted by Gasteiger charge is -2.26. The molecule has 1 heterocycles. The molecule has 1 aliphatic heterocycles. The molecule has 1 rings (SSSR count). The Balaban J connectivity index is 2.00. The number of ether oxygens (including phenoxy) is 1. The first-order valence-corrected chi connectivity index (χ1v) is 6.88. The molecule has 0 radical (unpaired) electrons. The number of likely N-dealkylation sites (tertiary alicyclic amines) is 1. The van der Waals surface area contributed by atoms with Gasteiger partial charge in [-0.25, -0.2) is 0 Å². The zero-order valence-corrected chi connectivity index (χ0v) is 11.2. The number of hydrogen-bond acceptors (Lipinski definition) is 4. The third kappa shape index (κ3) is 6.00. The van der Waals surface area contributed by atoms with E-state index in [1.807, 2.05) is 4.90 Å². The summed E-state index contributed by atoms with van der Waals surface area (Å²) in [4.78, 5) is 24.8. The van der Waals surface area contributed by atoms with E-state index in [0.717, 1.165) is 25.9 Å². The van der Waals surface area contributed by atoms with Crippen LogP contribution in [0, 0.1) is 0 Å². The van der Waals surface area contributed by atoms with E-state index in [0.29, 0.717) is 32.5 Å². The largest absolute Gasteiger partial charge is 0.466 e. The van der Waals surface area contributed by atoms with Gasteiger partial charge in [0, 0.05) is 19.5 Å². The number of piperidine rings is 1. The van der Waals surface area contributed by atoms with Gasteiger partial charge in [0.1, 0.15) is 0 Å². The van der Waals surface area contributed by atoms with Gasteiger partial charge in [-0.15, -0.1) is 0 Å². The third-order valence-corrected chi connectivity index (χ3v) is 3.02. The van der Waals surface area contributed by atoms with Crippen LogP contribution in [0.3, 0.4) is 0 Å². The molecule has 0 spiro atoms. The van der Waals surface area contributed by atoms with Crippen molar-refractivity contribution in [1.82, 2.24) is 10.2 Å². The molecule has 0 saturated carbocycles. The quantitative estimate of drug-likeness (QED) is 0.544. The van der Waals surface area contributed by atoms with Crippen LogP contribution in [-0.4, -0.2) is 49.6 Å². The van der Waals surface area contributed by atoms with Gasteiger partial charge in [0.15, 0.2) is 0 Å². The van der Waals surface area contributed by atoms with Gasteiger partial charge in [0.25, 0.3) is 0 Å². The molecule has 0 aliphatic carbocycles. The van der Waals surface area contributed by atoms with Gasteiger partial charge in [-0.1, -0.05) is 0 Å². The van der Waals surface area contributed by atoms with E-state index in [4.69, 9.17) is 4.74 Å². The highest BCUT2D eigenvalue weighted by molar-refractivity contribution is 5.78. The summed E-state index contributed by atoms with van der Waals surface area (Å²) in [7, 11) is 0. The fourth-order valence-corrected chi connectivity index (χ4v) is 2.04. The minimum absolute atomic E-state index is 0.165. The van der Waals surface area contributed by atoms with E-state index in [1.54, 1.807) is 6.92 Å². The summed E-state index contributed by atoms with van der Waals surface area (Å²) in [5.41, 5.74) is 0. The molecule has 5 nitrogen and oxygen atoms in total. The van der Waals surface area contributed by atoms with Gasteiger partial charge in [-0.3, -0.25) is 9.59 Å². The molecule has 0 aromatic heterocycles. The number of rotatable bonds is 7. The second-order valence-electron chi connectivity index (χ2n) is 4.53. The maximum Gasteiger partial charge on any atom is 0.305 e. The smallest absolute Gasteiger partial charge is 0.305 e.